The molecule has 0 amide bonds. The number of benzene rings is 1. The first-order valence-electron chi connectivity index (χ1n) is 4.30. The first-order valence-corrected chi connectivity index (χ1v) is 4.30. The third-order valence-corrected chi connectivity index (χ3v) is 2.28. The Morgan fingerprint density at radius 2 is 2.15 bits per heavy atom. The maximum Gasteiger partial charge on any atom is 0.123 e. The molecule has 13 heavy (non-hydrogen) atoms. The van der Waals surface area contributed by atoms with E-state index in [2.05, 4.69) is 5.32 Å². The van der Waals surface area contributed by atoms with Gasteiger partial charge in [-0.15, -0.1) is 12.4 Å². The van der Waals surface area contributed by atoms with Crippen LogP contribution in [-0.4, -0.2) is 13.1 Å². The van der Waals surface area contributed by atoms with Crippen LogP contribution < -0.4 is 5.32 Å². The van der Waals surface area contributed by atoms with Crippen LogP contribution >= 0.6 is 12.4 Å². The fraction of sp³-hybridized carbons (Fsp3) is 0.400. The van der Waals surface area contributed by atoms with Crippen LogP contribution in [0.5, 0.6) is 0 Å². The smallest absolute Gasteiger partial charge is 0.123 e. The van der Waals surface area contributed by atoms with Gasteiger partial charge < -0.3 is 5.32 Å². The fourth-order valence-electron chi connectivity index (χ4n) is 1.49. The van der Waals surface area contributed by atoms with Gasteiger partial charge in [-0.3, -0.25) is 0 Å². The lowest BCUT2D eigenvalue weighted by Crippen LogP contribution is -2.43. The Morgan fingerprint density at radius 1 is 1.38 bits per heavy atom. The molecule has 0 radical (unpaired) electrons. The van der Waals surface area contributed by atoms with Crippen molar-refractivity contribution in [2.45, 2.75) is 6.42 Å². The maximum absolute atomic E-state index is 12.7. The molecule has 0 aliphatic carbocycles. The van der Waals surface area contributed by atoms with Gasteiger partial charge in [0.1, 0.15) is 5.82 Å². The minimum Gasteiger partial charge on any atom is -0.316 e. The van der Waals surface area contributed by atoms with Crippen molar-refractivity contribution < 1.29 is 4.39 Å². The Balaban J connectivity index is 0.000000845. The molecule has 72 valence electrons. The molecular formula is C10H13ClFN. The molecule has 0 atom stereocenters. The van der Waals surface area contributed by atoms with Gasteiger partial charge in [-0.05, 0) is 43.1 Å². The second-order valence-electron chi connectivity index (χ2n) is 3.36. The van der Waals surface area contributed by atoms with Crippen LogP contribution in [0.4, 0.5) is 4.39 Å². The van der Waals surface area contributed by atoms with Crippen molar-refractivity contribution in [3.8, 4) is 0 Å². The summed E-state index contributed by atoms with van der Waals surface area (Å²) in [7, 11) is 0. The highest BCUT2D eigenvalue weighted by Gasteiger charge is 2.16. The summed E-state index contributed by atoms with van der Waals surface area (Å²) in [6.07, 6.45) is 1.00. The van der Waals surface area contributed by atoms with Gasteiger partial charge in [0.15, 0.2) is 0 Å². The average Bonchev–Trinajstić information content (AvgIpc) is 1.97. The van der Waals surface area contributed by atoms with Gasteiger partial charge in [-0.1, -0.05) is 12.1 Å². The van der Waals surface area contributed by atoms with Crippen LogP contribution in [0.15, 0.2) is 24.3 Å². The summed E-state index contributed by atoms with van der Waals surface area (Å²) in [6, 6.07) is 6.87. The second-order valence-corrected chi connectivity index (χ2v) is 3.36. The van der Waals surface area contributed by atoms with E-state index in [0.717, 1.165) is 25.1 Å². The Bertz CT molecular complexity index is 273. The van der Waals surface area contributed by atoms with Crippen LogP contribution in [0.2, 0.25) is 0 Å². The highest BCUT2D eigenvalue weighted by atomic mass is 35.5. The number of hydrogen-bond acceptors (Lipinski definition) is 1. The normalized spacial score (nSPS) is 16.1. The molecule has 1 heterocycles. The van der Waals surface area contributed by atoms with Crippen molar-refractivity contribution in [3.05, 3.63) is 35.6 Å². The lowest BCUT2D eigenvalue weighted by atomic mass is 9.94. The van der Waals surface area contributed by atoms with Gasteiger partial charge in [0, 0.05) is 0 Å². The SMILES string of the molecule is Cl.Fc1cccc(CC2CNC2)c1. The molecule has 0 saturated carbocycles. The quantitative estimate of drug-likeness (QED) is 0.772. The molecule has 1 aromatic rings. The second kappa shape index (κ2) is 4.58. The van der Waals surface area contributed by atoms with Crippen molar-refractivity contribution in [1.29, 1.82) is 0 Å². The van der Waals surface area contributed by atoms with Crippen LogP contribution in [0.25, 0.3) is 0 Å². The van der Waals surface area contributed by atoms with Crippen molar-refractivity contribution in [2.24, 2.45) is 5.92 Å². The van der Waals surface area contributed by atoms with E-state index in [9.17, 15) is 4.39 Å². The molecule has 0 bridgehead atoms. The monoisotopic (exact) mass is 201 g/mol. The summed E-state index contributed by atoms with van der Waals surface area (Å²) in [6.45, 7) is 2.16. The Hall–Kier alpha value is -0.600. The van der Waals surface area contributed by atoms with Gasteiger partial charge in [0.25, 0.3) is 0 Å². The standard InChI is InChI=1S/C10H12FN.ClH/c11-10-3-1-2-8(5-10)4-9-6-12-7-9;/h1-3,5,9,12H,4,6-7H2;1H. The zero-order valence-electron chi connectivity index (χ0n) is 7.29. The van der Waals surface area contributed by atoms with Gasteiger partial charge in [-0.2, -0.15) is 0 Å². The molecule has 0 unspecified atom stereocenters. The molecule has 0 aromatic heterocycles. The minimum atomic E-state index is -0.125. The topological polar surface area (TPSA) is 12.0 Å². The first-order chi connectivity index (χ1) is 5.84. The van der Waals surface area contributed by atoms with Crippen molar-refractivity contribution in [2.75, 3.05) is 13.1 Å². The molecule has 2 rings (SSSR count). The summed E-state index contributed by atoms with van der Waals surface area (Å²) in [5.41, 5.74) is 1.11. The summed E-state index contributed by atoms with van der Waals surface area (Å²) < 4.78 is 12.7. The molecule has 1 saturated heterocycles. The minimum absolute atomic E-state index is 0. The van der Waals surface area contributed by atoms with E-state index in [4.69, 9.17) is 0 Å². The van der Waals surface area contributed by atoms with E-state index in [1.54, 1.807) is 12.1 Å². The van der Waals surface area contributed by atoms with Gasteiger partial charge in [0.2, 0.25) is 0 Å². The van der Waals surface area contributed by atoms with E-state index in [0.29, 0.717) is 5.92 Å². The van der Waals surface area contributed by atoms with Crippen molar-refractivity contribution in [1.82, 2.24) is 5.32 Å². The Morgan fingerprint density at radius 3 is 2.69 bits per heavy atom. The van der Waals surface area contributed by atoms with Crippen molar-refractivity contribution in [3.63, 3.8) is 0 Å². The molecule has 1 N–H and O–H groups in total. The van der Waals surface area contributed by atoms with Crippen LogP contribution in [0, 0.1) is 11.7 Å². The summed E-state index contributed by atoms with van der Waals surface area (Å²) in [5, 5.41) is 3.20. The summed E-state index contributed by atoms with van der Waals surface area (Å²) in [4.78, 5) is 0. The molecule has 0 spiro atoms. The zero-order valence-corrected chi connectivity index (χ0v) is 8.11. The number of rotatable bonds is 2. The molecule has 3 heteroatoms. The number of halogens is 2. The zero-order chi connectivity index (χ0) is 8.39. The average molecular weight is 202 g/mol. The predicted molar refractivity (Wildman–Crippen MR) is 53.7 cm³/mol. The van der Waals surface area contributed by atoms with Crippen LogP contribution in [-0.2, 0) is 6.42 Å². The highest BCUT2D eigenvalue weighted by Crippen LogP contribution is 2.13. The third-order valence-electron chi connectivity index (χ3n) is 2.28. The van der Waals surface area contributed by atoms with Crippen LogP contribution in [0.3, 0.4) is 0 Å². The first kappa shape index (κ1) is 10.5. The Labute approximate surface area is 83.8 Å². The predicted octanol–water partition coefficient (Wildman–Crippen LogP) is 2.01. The molecular weight excluding hydrogens is 189 g/mol. The Kier molecular flexibility index (Phi) is 3.70. The summed E-state index contributed by atoms with van der Waals surface area (Å²) >= 11 is 0. The highest BCUT2D eigenvalue weighted by molar-refractivity contribution is 5.85. The molecule has 1 fully saturated rings. The largest absolute Gasteiger partial charge is 0.316 e. The molecule has 1 nitrogen and oxygen atoms in total. The molecule has 1 aliphatic heterocycles. The van der Waals surface area contributed by atoms with E-state index >= 15 is 0 Å². The lowest BCUT2D eigenvalue weighted by molar-refractivity contribution is 0.346. The van der Waals surface area contributed by atoms with Crippen molar-refractivity contribution >= 4 is 12.4 Å². The van der Waals surface area contributed by atoms with Gasteiger partial charge in [-0.25, -0.2) is 4.39 Å². The number of nitrogens with one attached hydrogen (secondary N) is 1. The third kappa shape index (κ3) is 2.68. The lowest BCUT2D eigenvalue weighted by Gasteiger charge is -2.26. The summed E-state index contributed by atoms with van der Waals surface area (Å²) in [5.74, 6) is 0.589. The van der Waals surface area contributed by atoms with Gasteiger partial charge >= 0.3 is 0 Å². The van der Waals surface area contributed by atoms with E-state index < -0.39 is 0 Å². The number of hydrogen-bond donors (Lipinski definition) is 1. The fourth-order valence-corrected chi connectivity index (χ4v) is 1.49. The molecule has 1 aliphatic rings. The van der Waals surface area contributed by atoms with E-state index in [-0.39, 0.29) is 18.2 Å². The van der Waals surface area contributed by atoms with E-state index in [1.165, 1.54) is 6.07 Å². The van der Waals surface area contributed by atoms with Gasteiger partial charge in [0.05, 0.1) is 0 Å². The molecule has 1 aromatic carbocycles. The maximum atomic E-state index is 12.7. The van der Waals surface area contributed by atoms with E-state index in [1.807, 2.05) is 6.07 Å². The van der Waals surface area contributed by atoms with Crippen LogP contribution in [0.1, 0.15) is 5.56 Å².